The molecule has 1 aromatic heterocycles. The Labute approximate surface area is 123 Å². The van der Waals surface area contributed by atoms with Gasteiger partial charge in [0.1, 0.15) is 0 Å². The van der Waals surface area contributed by atoms with E-state index in [0.717, 1.165) is 5.71 Å². The largest absolute Gasteiger partial charge is 0.387 e. The van der Waals surface area contributed by atoms with Crippen LogP contribution in [0, 0.1) is 13.8 Å². The van der Waals surface area contributed by atoms with E-state index < -0.39 is 5.60 Å². The first-order valence-electron chi connectivity index (χ1n) is 6.93. The van der Waals surface area contributed by atoms with Crippen LogP contribution in [0.15, 0.2) is 5.16 Å². The van der Waals surface area contributed by atoms with Crippen molar-refractivity contribution < 1.29 is 14.4 Å². The lowest BCUT2D eigenvalue weighted by Gasteiger charge is -2.21. The number of oxime groups is 1. The third-order valence-electron chi connectivity index (χ3n) is 3.69. The van der Waals surface area contributed by atoms with Gasteiger partial charge in [-0.15, -0.1) is 0 Å². The summed E-state index contributed by atoms with van der Waals surface area (Å²) in [5, 5.41) is 6.78. The highest BCUT2D eigenvalue weighted by Crippen LogP contribution is 2.23. The molecule has 1 atom stereocenters. The van der Waals surface area contributed by atoms with Gasteiger partial charge in [0.2, 0.25) is 0 Å². The van der Waals surface area contributed by atoms with E-state index >= 15 is 0 Å². The summed E-state index contributed by atoms with van der Waals surface area (Å²) >= 11 is 0. The number of nitrogens with one attached hydrogen (secondary N) is 2. The number of carbonyl (C=O) groups excluding carboxylic acids is 2. The van der Waals surface area contributed by atoms with Gasteiger partial charge in [-0.3, -0.25) is 9.59 Å². The molecule has 0 saturated carbocycles. The highest BCUT2D eigenvalue weighted by Gasteiger charge is 2.33. The summed E-state index contributed by atoms with van der Waals surface area (Å²) in [6, 6.07) is 0. The molecule has 0 aliphatic carbocycles. The normalized spacial score (nSPS) is 20.9. The first-order chi connectivity index (χ1) is 9.73. The van der Waals surface area contributed by atoms with Crippen molar-refractivity contribution in [1.82, 2.24) is 10.3 Å². The zero-order valence-electron chi connectivity index (χ0n) is 13.1. The Balaban J connectivity index is 2.10. The predicted octanol–water partition coefficient (Wildman–Crippen LogP) is 2.12. The van der Waals surface area contributed by atoms with Crippen LogP contribution >= 0.6 is 0 Å². The summed E-state index contributed by atoms with van der Waals surface area (Å²) in [6.07, 6.45) is 0.692. The molecule has 2 heterocycles. The number of aromatic amines is 1. The number of aromatic nitrogens is 1. The molecule has 0 bridgehead atoms. The number of amides is 1. The van der Waals surface area contributed by atoms with Gasteiger partial charge in [-0.2, -0.15) is 0 Å². The summed E-state index contributed by atoms with van der Waals surface area (Å²) in [5.74, 6) is -0.284. The van der Waals surface area contributed by atoms with Crippen molar-refractivity contribution in [2.75, 3.05) is 6.54 Å². The van der Waals surface area contributed by atoms with Crippen molar-refractivity contribution in [3.05, 3.63) is 22.5 Å². The molecule has 1 unspecified atom stereocenters. The standard InChI is InChI=1S/C15H21N3O3/c1-8-6-15(5,21-18-8)7-16-14(20)12-9(2)13(11(4)19)17-10(12)3/h17H,6-7H2,1-5H3,(H,16,20). The van der Waals surface area contributed by atoms with Gasteiger partial charge in [0.15, 0.2) is 11.4 Å². The molecule has 1 aliphatic rings. The van der Waals surface area contributed by atoms with Crippen LogP contribution in [0.5, 0.6) is 0 Å². The summed E-state index contributed by atoms with van der Waals surface area (Å²) in [4.78, 5) is 32.2. The Morgan fingerprint density at radius 3 is 2.52 bits per heavy atom. The minimum Gasteiger partial charge on any atom is -0.387 e. The fraction of sp³-hybridized carbons (Fsp3) is 0.533. The van der Waals surface area contributed by atoms with Crippen LogP contribution in [0.1, 0.15) is 59.3 Å². The molecular formula is C15H21N3O3. The van der Waals surface area contributed by atoms with Crippen LogP contribution in [-0.4, -0.2) is 34.5 Å². The third-order valence-corrected chi connectivity index (χ3v) is 3.69. The molecule has 0 fully saturated rings. The number of aryl methyl sites for hydroxylation is 1. The van der Waals surface area contributed by atoms with Crippen LogP contribution in [0.3, 0.4) is 0 Å². The summed E-state index contributed by atoms with van der Waals surface area (Å²) < 4.78 is 0. The van der Waals surface area contributed by atoms with Gasteiger partial charge in [-0.1, -0.05) is 5.16 Å². The lowest BCUT2D eigenvalue weighted by Crippen LogP contribution is -2.41. The molecule has 1 aromatic rings. The molecule has 0 saturated heterocycles. The lowest BCUT2D eigenvalue weighted by atomic mass is 10.00. The predicted molar refractivity (Wildman–Crippen MR) is 79.8 cm³/mol. The Bertz CT molecular complexity index is 630. The van der Waals surface area contributed by atoms with E-state index in [9.17, 15) is 9.59 Å². The number of Topliss-reactive ketones (excluding diaryl/α,β-unsaturated/α-hetero) is 1. The lowest BCUT2D eigenvalue weighted by molar-refractivity contribution is -0.00183. The van der Waals surface area contributed by atoms with Gasteiger partial charge in [-0.05, 0) is 33.3 Å². The second-order valence-electron chi connectivity index (χ2n) is 5.91. The molecule has 2 rings (SSSR count). The highest BCUT2D eigenvalue weighted by molar-refractivity contribution is 6.02. The average molecular weight is 291 g/mol. The minimum absolute atomic E-state index is 0.0789. The molecule has 1 aliphatic heterocycles. The maximum Gasteiger partial charge on any atom is 0.253 e. The molecule has 0 aromatic carbocycles. The molecule has 1 amide bonds. The Morgan fingerprint density at radius 2 is 2.05 bits per heavy atom. The number of carbonyl (C=O) groups is 2. The van der Waals surface area contributed by atoms with Crippen LogP contribution in [0.4, 0.5) is 0 Å². The smallest absolute Gasteiger partial charge is 0.253 e. The Morgan fingerprint density at radius 1 is 1.38 bits per heavy atom. The van der Waals surface area contributed by atoms with Gasteiger partial charge in [0.25, 0.3) is 5.91 Å². The molecule has 6 heteroatoms. The number of hydrogen-bond donors (Lipinski definition) is 2. The second kappa shape index (κ2) is 5.35. The maximum absolute atomic E-state index is 12.4. The monoisotopic (exact) mass is 291 g/mol. The van der Waals surface area contributed by atoms with E-state index in [4.69, 9.17) is 4.84 Å². The number of nitrogens with zero attached hydrogens (tertiary/aromatic N) is 1. The van der Waals surface area contributed by atoms with E-state index in [1.807, 2.05) is 13.8 Å². The molecule has 6 nitrogen and oxygen atoms in total. The van der Waals surface area contributed by atoms with Gasteiger partial charge in [0.05, 0.1) is 23.5 Å². The van der Waals surface area contributed by atoms with E-state index in [1.54, 1.807) is 13.8 Å². The highest BCUT2D eigenvalue weighted by atomic mass is 16.7. The van der Waals surface area contributed by atoms with Crippen LogP contribution in [0.25, 0.3) is 0 Å². The minimum atomic E-state index is -0.499. The number of hydrogen-bond acceptors (Lipinski definition) is 4. The zero-order valence-corrected chi connectivity index (χ0v) is 13.1. The maximum atomic E-state index is 12.4. The van der Waals surface area contributed by atoms with Crippen molar-refractivity contribution >= 4 is 17.4 Å². The fourth-order valence-electron chi connectivity index (χ4n) is 2.69. The van der Waals surface area contributed by atoms with E-state index in [1.165, 1.54) is 6.92 Å². The molecule has 0 radical (unpaired) electrons. The average Bonchev–Trinajstić information content (AvgIpc) is 2.88. The Hall–Kier alpha value is -2.11. The fourth-order valence-corrected chi connectivity index (χ4v) is 2.69. The number of ketones is 1. The van der Waals surface area contributed by atoms with Crippen molar-refractivity contribution in [2.45, 2.75) is 46.6 Å². The quantitative estimate of drug-likeness (QED) is 0.833. The third kappa shape index (κ3) is 2.99. The van der Waals surface area contributed by atoms with Gasteiger partial charge < -0.3 is 15.1 Å². The van der Waals surface area contributed by atoms with Crippen LogP contribution in [0.2, 0.25) is 0 Å². The first-order valence-corrected chi connectivity index (χ1v) is 6.93. The molecular weight excluding hydrogens is 270 g/mol. The number of rotatable bonds is 4. The number of H-pyrrole nitrogens is 1. The van der Waals surface area contributed by atoms with Crippen molar-refractivity contribution in [1.29, 1.82) is 0 Å². The Kier molecular flexibility index (Phi) is 3.89. The van der Waals surface area contributed by atoms with Crippen LogP contribution < -0.4 is 5.32 Å². The van der Waals surface area contributed by atoms with Crippen molar-refractivity contribution in [3.63, 3.8) is 0 Å². The molecule has 21 heavy (non-hydrogen) atoms. The molecule has 114 valence electrons. The second-order valence-corrected chi connectivity index (χ2v) is 5.91. The zero-order chi connectivity index (χ0) is 15.8. The van der Waals surface area contributed by atoms with E-state index in [0.29, 0.717) is 35.5 Å². The molecule has 2 N–H and O–H groups in total. The van der Waals surface area contributed by atoms with Crippen LogP contribution in [-0.2, 0) is 4.84 Å². The summed E-state index contributed by atoms with van der Waals surface area (Å²) in [7, 11) is 0. The summed E-state index contributed by atoms with van der Waals surface area (Å²) in [6.45, 7) is 9.21. The SMILES string of the molecule is CC(=O)c1[nH]c(C)c(C(=O)NCC2(C)CC(C)=NO2)c1C. The first kappa shape index (κ1) is 15.3. The van der Waals surface area contributed by atoms with Crippen molar-refractivity contribution in [3.8, 4) is 0 Å². The topological polar surface area (TPSA) is 83.5 Å². The van der Waals surface area contributed by atoms with Gasteiger partial charge in [-0.25, -0.2) is 0 Å². The van der Waals surface area contributed by atoms with Gasteiger partial charge >= 0.3 is 0 Å². The molecule has 0 spiro atoms. The van der Waals surface area contributed by atoms with Crippen molar-refractivity contribution in [2.24, 2.45) is 5.16 Å². The van der Waals surface area contributed by atoms with Gasteiger partial charge in [0, 0.05) is 19.0 Å². The van der Waals surface area contributed by atoms with E-state index in [2.05, 4.69) is 15.5 Å². The summed E-state index contributed by atoms with van der Waals surface area (Å²) in [5.41, 5.74) is 2.81. The van der Waals surface area contributed by atoms with E-state index in [-0.39, 0.29) is 11.7 Å².